The van der Waals surface area contributed by atoms with Gasteiger partial charge in [0.1, 0.15) is 11.5 Å². The molecule has 42 heavy (non-hydrogen) atoms. The Labute approximate surface area is 252 Å². The first kappa shape index (κ1) is 32.9. The number of unbranched alkanes of at least 4 members (excludes halogenated alkanes) is 9. The van der Waals surface area contributed by atoms with E-state index >= 15 is 0 Å². The van der Waals surface area contributed by atoms with Crippen LogP contribution in [0.2, 0.25) is 0 Å². The molecule has 1 atom stereocenters. The summed E-state index contributed by atoms with van der Waals surface area (Å²) >= 11 is 0. The van der Waals surface area contributed by atoms with E-state index in [1.807, 2.05) is 43.3 Å². The fourth-order valence-corrected chi connectivity index (χ4v) is 4.78. The summed E-state index contributed by atoms with van der Waals surface area (Å²) in [7, 11) is 0. The van der Waals surface area contributed by atoms with E-state index in [0.29, 0.717) is 16.9 Å². The van der Waals surface area contributed by atoms with Crippen molar-refractivity contribution in [1.82, 2.24) is 0 Å². The molecule has 0 fully saturated rings. The van der Waals surface area contributed by atoms with E-state index in [1.165, 1.54) is 57.8 Å². The average Bonchev–Trinajstić information content (AvgIpc) is 3.01. The van der Waals surface area contributed by atoms with Gasteiger partial charge in [-0.15, -0.1) is 0 Å². The van der Waals surface area contributed by atoms with E-state index in [0.717, 1.165) is 42.7 Å². The van der Waals surface area contributed by atoms with Gasteiger partial charge in [0.15, 0.2) is 0 Å². The van der Waals surface area contributed by atoms with Crippen molar-refractivity contribution in [1.29, 1.82) is 0 Å². The van der Waals surface area contributed by atoms with Crippen LogP contribution in [-0.2, 0) is 4.74 Å². The summed E-state index contributed by atoms with van der Waals surface area (Å²) in [5, 5.41) is 0. The zero-order valence-electron chi connectivity index (χ0n) is 25.7. The molecule has 0 saturated heterocycles. The molecule has 0 aliphatic rings. The molecule has 0 aliphatic heterocycles. The molecule has 0 aliphatic carbocycles. The third kappa shape index (κ3) is 11.7. The van der Waals surface area contributed by atoms with E-state index in [1.54, 1.807) is 36.4 Å². The van der Waals surface area contributed by atoms with Crippen molar-refractivity contribution in [2.75, 3.05) is 6.61 Å². The molecule has 0 saturated carbocycles. The van der Waals surface area contributed by atoms with Crippen LogP contribution in [0.5, 0.6) is 11.5 Å². The van der Waals surface area contributed by atoms with E-state index in [-0.39, 0.29) is 12.1 Å². The lowest BCUT2D eigenvalue weighted by Crippen LogP contribution is -2.15. The lowest BCUT2D eigenvalue weighted by Gasteiger charge is -2.13. The molecule has 0 bridgehead atoms. The number of hydrogen-bond acceptors (Lipinski definition) is 5. The van der Waals surface area contributed by atoms with Gasteiger partial charge in [-0.3, -0.25) is 0 Å². The van der Waals surface area contributed by atoms with E-state index in [4.69, 9.17) is 14.2 Å². The monoisotopic (exact) mass is 572 g/mol. The molecule has 0 spiro atoms. The topological polar surface area (TPSA) is 61.8 Å². The van der Waals surface area contributed by atoms with Crippen molar-refractivity contribution in [2.45, 2.75) is 104 Å². The van der Waals surface area contributed by atoms with Crippen molar-refractivity contribution in [2.24, 2.45) is 0 Å². The molecule has 0 radical (unpaired) electrons. The molecule has 3 aromatic carbocycles. The molecular weight excluding hydrogens is 524 g/mol. The number of carbonyl (C=O) groups excluding carboxylic acids is 2. The highest BCUT2D eigenvalue weighted by Crippen LogP contribution is 2.24. The zero-order valence-corrected chi connectivity index (χ0v) is 25.7. The number of hydrogen-bond donors (Lipinski definition) is 0. The van der Waals surface area contributed by atoms with E-state index in [2.05, 4.69) is 13.8 Å². The lowest BCUT2D eigenvalue weighted by molar-refractivity contribution is 0.0319. The van der Waals surface area contributed by atoms with Gasteiger partial charge in [0.05, 0.1) is 23.8 Å². The van der Waals surface area contributed by atoms with Crippen LogP contribution >= 0.6 is 0 Å². The van der Waals surface area contributed by atoms with Crippen LogP contribution in [-0.4, -0.2) is 24.6 Å². The Hall–Kier alpha value is -3.60. The minimum atomic E-state index is -0.452. The predicted octanol–water partition coefficient (Wildman–Crippen LogP) is 10.2. The minimum Gasteiger partial charge on any atom is -0.494 e. The largest absolute Gasteiger partial charge is 0.494 e. The second-order valence-corrected chi connectivity index (χ2v) is 11.1. The van der Waals surface area contributed by atoms with E-state index < -0.39 is 5.97 Å². The van der Waals surface area contributed by atoms with Crippen molar-refractivity contribution >= 4 is 11.9 Å². The highest BCUT2D eigenvalue weighted by atomic mass is 16.5. The summed E-state index contributed by atoms with van der Waals surface area (Å²) in [5.41, 5.74) is 2.95. The molecule has 3 rings (SSSR count). The highest BCUT2D eigenvalue weighted by Gasteiger charge is 2.14. The average molecular weight is 573 g/mol. The maximum absolute atomic E-state index is 12.7. The van der Waals surface area contributed by atoms with Crippen LogP contribution < -0.4 is 9.47 Å². The molecule has 5 heteroatoms. The molecule has 5 nitrogen and oxygen atoms in total. The molecule has 0 N–H and O–H groups in total. The fraction of sp³-hybridized carbons (Fsp3) is 0.459. The second kappa shape index (κ2) is 18.8. The third-order valence-electron chi connectivity index (χ3n) is 7.40. The molecule has 3 aromatic rings. The first-order chi connectivity index (χ1) is 20.5. The Morgan fingerprint density at radius 1 is 0.571 bits per heavy atom. The van der Waals surface area contributed by atoms with Gasteiger partial charge in [-0.25, -0.2) is 9.59 Å². The van der Waals surface area contributed by atoms with Gasteiger partial charge in [0.25, 0.3) is 0 Å². The number of benzene rings is 3. The lowest BCUT2D eigenvalue weighted by atomic mass is 10.0. The van der Waals surface area contributed by atoms with Gasteiger partial charge < -0.3 is 14.2 Å². The van der Waals surface area contributed by atoms with Crippen LogP contribution in [0.4, 0.5) is 0 Å². The molecular formula is C37H48O5. The maximum Gasteiger partial charge on any atom is 0.343 e. The van der Waals surface area contributed by atoms with Crippen molar-refractivity contribution in [3.05, 3.63) is 83.9 Å². The van der Waals surface area contributed by atoms with Crippen molar-refractivity contribution in [3.8, 4) is 22.6 Å². The minimum absolute atomic E-state index is 0.124. The Balaban J connectivity index is 1.43. The smallest absolute Gasteiger partial charge is 0.343 e. The number of ether oxygens (including phenoxy) is 3. The van der Waals surface area contributed by atoms with Gasteiger partial charge >= 0.3 is 11.9 Å². The first-order valence-corrected chi connectivity index (χ1v) is 15.9. The highest BCUT2D eigenvalue weighted by molar-refractivity contribution is 5.92. The summed E-state index contributed by atoms with van der Waals surface area (Å²) in [4.78, 5) is 25.2. The summed E-state index contributed by atoms with van der Waals surface area (Å²) < 4.78 is 17.0. The standard InChI is InChI=1S/C37H48O5/c1-4-6-8-10-12-14-28-40-34-24-20-31(21-25-34)30-16-18-32(19-17-30)37(39)42-35-26-22-33(23-27-35)36(38)41-29(3)15-13-11-9-7-5-2/h16-27,29H,4-15,28H2,1-3H3/t29-/m1/s1. The summed E-state index contributed by atoms with van der Waals surface area (Å²) in [5.74, 6) is 0.439. The normalized spacial score (nSPS) is 11.6. The predicted molar refractivity (Wildman–Crippen MR) is 170 cm³/mol. The Morgan fingerprint density at radius 2 is 1.05 bits per heavy atom. The molecule has 0 amide bonds. The van der Waals surface area contributed by atoms with Gasteiger partial charge in [0, 0.05) is 0 Å². The first-order valence-electron chi connectivity index (χ1n) is 15.9. The Kier molecular flexibility index (Phi) is 14.7. The summed E-state index contributed by atoms with van der Waals surface area (Å²) in [6, 6.07) is 21.9. The molecule has 0 unspecified atom stereocenters. The third-order valence-corrected chi connectivity index (χ3v) is 7.40. The number of rotatable bonds is 19. The second-order valence-electron chi connectivity index (χ2n) is 11.1. The zero-order chi connectivity index (χ0) is 30.0. The van der Waals surface area contributed by atoms with E-state index in [9.17, 15) is 9.59 Å². The van der Waals surface area contributed by atoms with Gasteiger partial charge in [-0.2, -0.15) is 0 Å². The van der Waals surface area contributed by atoms with Crippen molar-refractivity contribution < 1.29 is 23.8 Å². The van der Waals surface area contributed by atoms with Crippen LogP contribution in [0.1, 0.15) is 119 Å². The Morgan fingerprint density at radius 3 is 1.67 bits per heavy atom. The molecule has 226 valence electrons. The van der Waals surface area contributed by atoms with Crippen LogP contribution in [0.25, 0.3) is 11.1 Å². The summed E-state index contributed by atoms with van der Waals surface area (Å²) in [6.07, 6.45) is 14.1. The summed E-state index contributed by atoms with van der Waals surface area (Å²) in [6.45, 7) is 7.10. The fourth-order valence-electron chi connectivity index (χ4n) is 4.78. The van der Waals surface area contributed by atoms with Crippen LogP contribution in [0.3, 0.4) is 0 Å². The van der Waals surface area contributed by atoms with Crippen molar-refractivity contribution in [3.63, 3.8) is 0 Å². The SMILES string of the molecule is CCCCCCCCOc1ccc(-c2ccc(C(=O)Oc3ccc(C(=O)O[C@H](C)CCCCCCC)cc3)cc2)cc1. The van der Waals surface area contributed by atoms with Crippen LogP contribution in [0, 0.1) is 0 Å². The van der Waals surface area contributed by atoms with Gasteiger partial charge in [0.2, 0.25) is 0 Å². The number of carbonyl (C=O) groups is 2. The Bertz CT molecular complexity index is 1180. The van der Waals surface area contributed by atoms with Gasteiger partial charge in [-0.1, -0.05) is 95.9 Å². The van der Waals surface area contributed by atoms with Crippen LogP contribution in [0.15, 0.2) is 72.8 Å². The molecule has 0 heterocycles. The quantitative estimate of drug-likeness (QED) is 0.0812. The van der Waals surface area contributed by atoms with Gasteiger partial charge in [-0.05, 0) is 85.8 Å². The number of esters is 2. The maximum atomic E-state index is 12.7. The molecule has 0 aromatic heterocycles.